The molecule has 6 heteroatoms. The van der Waals surface area contributed by atoms with E-state index in [9.17, 15) is 9.59 Å². The monoisotopic (exact) mass is 405 g/mol. The molecule has 6 nitrogen and oxygen atoms in total. The van der Waals surface area contributed by atoms with Crippen molar-refractivity contribution in [2.24, 2.45) is 11.7 Å². The Bertz CT molecular complexity index is 1060. The van der Waals surface area contributed by atoms with Gasteiger partial charge in [0.15, 0.2) is 0 Å². The minimum absolute atomic E-state index is 0.0553. The molecule has 4 rings (SSSR count). The van der Waals surface area contributed by atoms with Gasteiger partial charge in [0.2, 0.25) is 11.8 Å². The van der Waals surface area contributed by atoms with Crippen LogP contribution in [0.2, 0.25) is 0 Å². The number of aryl methyl sites for hydroxylation is 1. The number of hydrogen-bond donors (Lipinski definition) is 2. The summed E-state index contributed by atoms with van der Waals surface area (Å²) in [5.41, 5.74) is 10.2. The molecule has 1 unspecified atom stereocenters. The van der Waals surface area contributed by atoms with Crippen molar-refractivity contribution in [3.8, 4) is 0 Å². The summed E-state index contributed by atoms with van der Waals surface area (Å²) in [5.74, 6) is -0.343. The summed E-state index contributed by atoms with van der Waals surface area (Å²) < 4.78 is 5.58. The molecule has 30 heavy (non-hydrogen) atoms. The lowest BCUT2D eigenvalue weighted by Crippen LogP contribution is -2.40. The lowest BCUT2D eigenvalue weighted by atomic mass is 9.97. The summed E-state index contributed by atoms with van der Waals surface area (Å²) in [6.45, 7) is 4.48. The molecule has 3 N–H and O–H groups in total. The molecular weight excluding hydrogens is 378 g/mol. The van der Waals surface area contributed by atoms with Crippen LogP contribution >= 0.6 is 0 Å². The number of nitrogens with zero attached hydrogens (tertiary/aromatic N) is 1. The second kappa shape index (κ2) is 8.71. The number of amides is 2. The number of rotatable bonds is 6. The van der Waals surface area contributed by atoms with Gasteiger partial charge < -0.3 is 15.5 Å². The van der Waals surface area contributed by atoms with E-state index in [1.54, 1.807) is 6.26 Å². The van der Waals surface area contributed by atoms with E-state index >= 15 is 0 Å². The molecule has 0 radical (unpaired) electrons. The SMILES string of the molecule is Cc1ccc2c(CC(=O)Nc3ccc(CN4CCCC(C(N)=O)C4)cc3)coc2c1. The summed E-state index contributed by atoms with van der Waals surface area (Å²) in [5, 5.41) is 3.93. The standard InChI is InChI=1S/C24H27N3O3/c1-16-4-9-21-19(15-30-22(21)11-16)12-23(28)26-20-7-5-17(6-8-20)13-27-10-2-3-18(14-27)24(25)29/h4-9,11,15,18H,2-3,10,12-14H2,1H3,(H2,25,29)(H,26,28). The molecule has 1 aromatic heterocycles. The van der Waals surface area contributed by atoms with Crippen molar-refractivity contribution in [3.63, 3.8) is 0 Å². The number of piperidine rings is 1. The minimum atomic E-state index is -0.210. The Hall–Kier alpha value is -3.12. The number of anilines is 1. The van der Waals surface area contributed by atoms with E-state index in [4.69, 9.17) is 10.2 Å². The molecule has 1 saturated heterocycles. The normalized spacial score (nSPS) is 17.2. The average molecular weight is 405 g/mol. The molecule has 1 aliphatic rings. The number of benzene rings is 2. The van der Waals surface area contributed by atoms with Crippen molar-refractivity contribution in [1.29, 1.82) is 0 Å². The summed E-state index contributed by atoms with van der Waals surface area (Å²) in [6, 6.07) is 13.8. The second-order valence-corrected chi connectivity index (χ2v) is 8.16. The van der Waals surface area contributed by atoms with Crippen LogP contribution in [-0.4, -0.2) is 29.8 Å². The number of nitrogens with two attached hydrogens (primary N) is 1. The smallest absolute Gasteiger partial charge is 0.228 e. The van der Waals surface area contributed by atoms with Gasteiger partial charge in [0.25, 0.3) is 0 Å². The van der Waals surface area contributed by atoms with Crippen LogP contribution in [0.25, 0.3) is 11.0 Å². The Kier molecular flexibility index (Phi) is 5.86. The largest absolute Gasteiger partial charge is 0.464 e. The van der Waals surface area contributed by atoms with E-state index < -0.39 is 0 Å². The van der Waals surface area contributed by atoms with E-state index in [0.717, 1.165) is 59.3 Å². The molecule has 3 aromatic rings. The maximum atomic E-state index is 12.5. The van der Waals surface area contributed by atoms with Crippen molar-refractivity contribution < 1.29 is 14.0 Å². The van der Waals surface area contributed by atoms with Gasteiger partial charge in [-0.2, -0.15) is 0 Å². The molecule has 0 saturated carbocycles. The molecule has 2 aromatic carbocycles. The van der Waals surface area contributed by atoms with Gasteiger partial charge in [-0.15, -0.1) is 0 Å². The number of likely N-dealkylation sites (tertiary alicyclic amines) is 1. The Morgan fingerprint density at radius 3 is 2.77 bits per heavy atom. The average Bonchev–Trinajstić information content (AvgIpc) is 3.11. The third-order valence-corrected chi connectivity index (χ3v) is 5.71. The van der Waals surface area contributed by atoms with Gasteiger partial charge in [-0.05, 0) is 55.6 Å². The topological polar surface area (TPSA) is 88.6 Å². The summed E-state index contributed by atoms with van der Waals surface area (Å²) >= 11 is 0. The first-order chi connectivity index (χ1) is 14.5. The molecule has 1 fully saturated rings. The van der Waals surface area contributed by atoms with Crippen molar-refractivity contribution >= 4 is 28.5 Å². The number of nitrogens with one attached hydrogen (secondary N) is 1. The fraction of sp³-hybridized carbons (Fsp3) is 0.333. The van der Waals surface area contributed by atoms with Gasteiger partial charge in [0.1, 0.15) is 5.58 Å². The molecule has 156 valence electrons. The minimum Gasteiger partial charge on any atom is -0.464 e. The maximum absolute atomic E-state index is 12.5. The highest BCUT2D eigenvalue weighted by molar-refractivity contribution is 5.95. The summed E-state index contributed by atoms with van der Waals surface area (Å²) in [7, 11) is 0. The van der Waals surface area contributed by atoms with Crippen LogP contribution in [0.5, 0.6) is 0 Å². The Morgan fingerprint density at radius 2 is 2.00 bits per heavy atom. The van der Waals surface area contributed by atoms with Crippen LogP contribution in [0.15, 0.2) is 53.1 Å². The van der Waals surface area contributed by atoms with Crippen LogP contribution in [0.1, 0.15) is 29.5 Å². The maximum Gasteiger partial charge on any atom is 0.228 e. The first-order valence-corrected chi connectivity index (χ1v) is 10.3. The number of hydrogen-bond acceptors (Lipinski definition) is 4. The van der Waals surface area contributed by atoms with Crippen LogP contribution in [0, 0.1) is 12.8 Å². The van der Waals surface area contributed by atoms with Gasteiger partial charge in [-0.25, -0.2) is 0 Å². The quantitative estimate of drug-likeness (QED) is 0.656. The molecule has 0 spiro atoms. The van der Waals surface area contributed by atoms with Crippen molar-refractivity contribution in [3.05, 3.63) is 65.4 Å². The van der Waals surface area contributed by atoms with Gasteiger partial charge in [0, 0.05) is 29.7 Å². The molecular formula is C24H27N3O3. The van der Waals surface area contributed by atoms with Gasteiger partial charge in [-0.1, -0.05) is 24.3 Å². The van der Waals surface area contributed by atoms with Crippen molar-refractivity contribution in [2.75, 3.05) is 18.4 Å². The third-order valence-electron chi connectivity index (χ3n) is 5.71. The van der Waals surface area contributed by atoms with Crippen molar-refractivity contribution in [2.45, 2.75) is 32.7 Å². The zero-order valence-corrected chi connectivity index (χ0v) is 17.2. The zero-order valence-electron chi connectivity index (χ0n) is 17.2. The highest BCUT2D eigenvalue weighted by Gasteiger charge is 2.23. The first kappa shape index (κ1) is 20.2. The highest BCUT2D eigenvalue weighted by atomic mass is 16.3. The van der Waals surface area contributed by atoms with Crippen LogP contribution in [-0.2, 0) is 22.6 Å². The lowest BCUT2D eigenvalue weighted by Gasteiger charge is -2.31. The number of carbonyl (C=O) groups is 2. The molecule has 0 aliphatic carbocycles. The van der Waals surface area contributed by atoms with Gasteiger partial charge in [0.05, 0.1) is 18.6 Å². The number of furan rings is 1. The molecule has 2 amide bonds. The number of carbonyl (C=O) groups excluding carboxylic acids is 2. The Labute approximate surface area is 176 Å². The zero-order chi connectivity index (χ0) is 21.1. The van der Waals surface area contributed by atoms with Crippen LogP contribution in [0.3, 0.4) is 0 Å². The fourth-order valence-electron chi connectivity index (χ4n) is 4.09. The summed E-state index contributed by atoms with van der Waals surface area (Å²) in [6.07, 6.45) is 3.79. The predicted octanol–water partition coefficient (Wildman–Crippen LogP) is 3.62. The molecule has 2 heterocycles. The van der Waals surface area contributed by atoms with Gasteiger partial charge >= 0.3 is 0 Å². The second-order valence-electron chi connectivity index (χ2n) is 8.16. The van der Waals surface area contributed by atoms with E-state index in [-0.39, 0.29) is 24.2 Å². The fourth-order valence-corrected chi connectivity index (χ4v) is 4.09. The first-order valence-electron chi connectivity index (χ1n) is 10.3. The Morgan fingerprint density at radius 1 is 1.20 bits per heavy atom. The molecule has 1 atom stereocenters. The van der Waals surface area contributed by atoms with Crippen LogP contribution in [0.4, 0.5) is 5.69 Å². The van der Waals surface area contributed by atoms with E-state index in [1.165, 1.54) is 0 Å². The summed E-state index contributed by atoms with van der Waals surface area (Å²) in [4.78, 5) is 26.2. The van der Waals surface area contributed by atoms with E-state index in [1.807, 2.05) is 49.4 Å². The Balaban J connectivity index is 1.34. The lowest BCUT2D eigenvalue weighted by molar-refractivity contribution is -0.123. The highest BCUT2D eigenvalue weighted by Crippen LogP contribution is 2.23. The van der Waals surface area contributed by atoms with Gasteiger partial charge in [-0.3, -0.25) is 14.5 Å². The predicted molar refractivity (Wildman–Crippen MR) is 117 cm³/mol. The van der Waals surface area contributed by atoms with E-state index in [0.29, 0.717) is 6.54 Å². The number of fused-ring (bicyclic) bond motifs is 1. The molecule has 1 aliphatic heterocycles. The molecule has 0 bridgehead atoms. The number of primary amides is 1. The third kappa shape index (κ3) is 4.71. The van der Waals surface area contributed by atoms with Crippen molar-refractivity contribution in [1.82, 2.24) is 4.90 Å². The van der Waals surface area contributed by atoms with Crippen LogP contribution < -0.4 is 11.1 Å². The van der Waals surface area contributed by atoms with E-state index in [2.05, 4.69) is 10.2 Å².